The molecule has 0 spiro atoms. The molecule has 0 aliphatic carbocycles. The molecule has 7 heteroatoms. The van der Waals surface area contributed by atoms with Gasteiger partial charge < -0.3 is 10.1 Å². The molecule has 23 heavy (non-hydrogen) atoms. The number of rotatable bonds is 3. The van der Waals surface area contributed by atoms with Crippen LogP contribution in [0.2, 0.25) is 5.02 Å². The molecule has 0 atom stereocenters. The number of aromatic nitrogens is 2. The molecule has 0 saturated carbocycles. The van der Waals surface area contributed by atoms with Crippen molar-refractivity contribution in [2.24, 2.45) is 0 Å². The van der Waals surface area contributed by atoms with Crippen molar-refractivity contribution in [1.29, 1.82) is 0 Å². The highest BCUT2D eigenvalue weighted by atomic mass is 35.5. The van der Waals surface area contributed by atoms with Crippen LogP contribution in [-0.4, -0.2) is 15.8 Å². The van der Waals surface area contributed by atoms with Gasteiger partial charge in [-0.05, 0) is 48.5 Å². The molecule has 0 aliphatic heterocycles. The molecule has 3 rings (SSSR count). The standard InChI is InChI=1S/C16H11ClFN3O2/c17-14-10-11(18)2-7-15(14)23-13-5-3-12(4-6-13)20-16(22)21-9-1-8-19-21/h1-10H,(H,20,22). The number of benzene rings is 2. The van der Waals surface area contributed by atoms with E-state index in [0.717, 1.165) is 0 Å². The molecule has 0 bridgehead atoms. The summed E-state index contributed by atoms with van der Waals surface area (Å²) in [6.07, 6.45) is 3.06. The van der Waals surface area contributed by atoms with E-state index >= 15 is 0 Å². The van der Waals surface area contributed by atoms with E-state index in [4.69, 9.17) is 16.3 Å². The Hall–Kier alpha value is -2.86. The fraction of sp³-hybridized carbons (Fsp3) is 0. The summed E-state index contributed by atoms with van der Waals surface area (Å²) in [5.41, 5.74) is 0.586. The number of carbonyl (C=O) groups excluding carboxylic acids is 1. The van der Waals surface area contributed by atoms with E-state index < -0.39 is 5.82 Å². The maximum absolute atomic E-state index is 13.0. The van der Waals surface area contributed by atoms with Gasteiger partial charge in [-0.25, -0.2) is 9.18 Å². The van der Waals surface area contributed by atoms with Gasteiger partial charge in [0.15, 0.2) is 0 Å². The Bertz CT molecular complexity index is 820. The number of amides is 1. The monoisotopic (exact) mass is 331 g/mol. The van der Waals surface area contributed by atoms with Gasteiger partial charge in [0.2, 0.25) is 0 Å². The first-order chi connectivity index (χ1) is 11.1. The normalized spacial score (nSPS) is 10.3. The Labute approximate surface area is 136 Å². The van der Waals surface area contributed by atoms with Crippen molar-refractivity contribution in [2.45, 2.75) is 0 Å². The third-order valence-corrected chi connectivity index (χ3v) is 3.24. The van der Waals surface area contributed by atoms with Gasteiger partial charge in [0.25, 0.3) is 0 Å². The Morgan fingerprint density at radius 2 is 2.00 bits per heavy atom. The zero-order valence-electron chi connectivity index (χ0n) is 11.7. The number of halogens is 2. The lowest BCUT2D eigenvalue weighted by molar-refractivity contribution is 0.251. The van der Waals surface area contributed by atoms with Gasteiger partial charge >= 0.3 is 6.03 Å². The molecular weight excluding hydrogens is 321 g/mol. The summed E-state index contributed by atoms with van der Waals surface area (Å²) in [7, 11) is 0. The third-order valence-electron chi connectivity index (χ3n) is 2.94. The molecule has 2 aromatic carbocycles. The first-order valence-electron chi connectivity index (χ1n) is 6.66. The predicted molar refractivity (Wildman–Crippen MR) is 84.6 cm³/mol. The number of carbonyl (C=O) groups is 1. The van der Waals surface area contributed by atoms with E-state index in [9.17, 15) is 9.18 Å². The highest BCUT2D eigenvalue weighted by molar-refractivity contribution is 6.32. The molecule has 1 aromatic heterocycles. The molecule has 1 amide bonds. The number of hydrogen-bond donors (Lipinski definition) is 1. The topological polar surface area (TPSA) is 56.1 Å². The lowest BCUT2D eigenvalue weighted by Gasteiger charge is -2.09. The van der Waals surface area contributed by atoms with Crippen LogP contribution in [0.5, 0.6) is 11.5 Å². The second-order valence-electron chi connectivity index (χ2n) is 4.58. The predicted octanol–water partition coefficient (Wildman–Crippen LogP) is 4.55. The van der Waals surface area contributed by atoms with Crippen LogP contribution in [0.15, 0.2) is 60.9 Å². The van der Waals surface area contributed by atoms with Crippen LogP contribution in [0.25, 0.3) is 0 Å². The van der Waals surface area contributed by atoms with Gasteiger partial charge in [0, 0.05) is 18.1 Å². The van der Waals surface area contributed by atoms with Crippen LogP contribution in [0.4, 0.5) is 14.9 Å². The Balaban J connectivity index is 1.68. The minimum atomic E-state index is -0.431. The second kappa shape index (κ2) is 6.50. The second-order valence-corrected chi connectivity index (χ2v) is 4.99. The molecule has 5 nitrogen and oxygen atoms in total. The van der Waals surface area contributed by atoms with Crippen LogP contribution in [0.1, 0.15) is 0 Å². The summed E-state index contributed by atoms with van der Waals surface area (Å²) in [6.45, 7) is 0. The minimum Gasteiger partial charge on any atom is -0.456 e. The lowest BCUT2D eigenvalue weighted by Crippen LogP contribution is -2.19. The smallest absolute Gasteiger partial charge is 0.346 e. The quantitative estimate of drug-likeness (QED) is 0.766. The molecule has 1 N–H and O–H groups in total. The highest BCUT2D eigenvalue weighted by Gasteiger charge is 2.07. The highest BCUT2D eigenvalue weighted by Crippen LogP contribution is 2.30. The first-order valence-corrected chi connectivity index (χ1v) is 7.03. The number of ether oxygens (including phenoxy) is 1. The number of anilines is 1. The minimum absolute atomic E-state index is 0.182. The lowest BCUT2D eigenvalue weighted by atomic mass is 10.3. The zero-order chi connectivity index (χ0) is 16.2. The van der Waals surface area contributed by atoms with Crippen molar-refractivity contribution in [3.63, 3.8) is 0 Å². The SMILES string of the molecule is O=C(Nc1ccc(Oc2ccc(F)cc2Cl)cc1)n1cccn1. The number of hydrogen-bond acceptors (Lipinski definition) is 3. The van der Waals surface area contributed by atoms with Crippen molar-refractivity contribution in [3.05, 3.63) is 71.8 Å². The molecule has 116 valence electrons. The van der Waals surface area contributed by atoms with Gasteiger partial charge in [-0.1, -0.05) is 11.6 Å². The molecule has 0 unspecified atom stereocenters. The molecule has 3 aromatic rings. The summed E-state index contributed by atoms with van der Waals surface area (Å²) < 4.78 is 19.7. The fourth-order valence-corrected chi connectivity index (χ4v) is 2.07. The average molecular weight is 332 g/mol. The van der Waals surface area contributed by atoms with E-state index in [0.29, 0.717) is 17.2 Å². The van der Waals surface area contributed by atoms with Crippen LogP contribution in [-0.2, 0) is 0 Å². The molecule has 0 radical (unpaired) electrons. The largest absolute Gasteiger partial charge is 0.456 e. The van der Waals surface area contributed by atoms with E-state index in [1.54, 1.807) is 36.5 Å². The van der Waals surface area contributed by atoms with Crippen molar-refractivity contribution in [3.8, 4) is 11.5 Å². The van der Waals surface area contributed by atoms with E-state index in [1.165, 1.54) is 29.1 Å². The Morgan fingerprint density at radius 3 is 2.65 bits per heavy atom. The molecule has 1 heterocycles. The number of nitrogens with one attached hydrogen (secondary N) is 1. The zero-order valence-corrected chi connectivity index (χ0v) is 12.5. The van der Waals surface area contributed by atoms with Gasteiger partial charge in [0.05, 0.1) is 5.02 Å². The van der Waals surface area contributed by atoms with Crippen LogP contribution in [0, 0.1) is 5.82 Å². The van der Waals surface area contributed by atoms with Crippen molar-refractivity contribution in [1.82, 2.24) is 9.78 Å². The first kappa shape index (κ1) is 15.1. The maximum Gasteiger partial charge on any atom is 0.346 e. The van der Waals surface area contributed by atoms with Gasteiger partial charge in [-0.3, -0.25) is 0 Å². The van der Waals surface area contributed by atoms with Crippen molar-refractivity contribution in [2.75, 3.05) is 5.32 Å². The van der Waals surface area contributed by atoms with Crippen LogP contribution in [0.3, 0.4) is 0 Å². The van der Waals surface area contributed by atoms with Gasteiger partial charge in [0.1, 0.15) is 17.3 Å². The number of nitrogens with zero attached hydrogens (tertiary/aromatic N) is 2. The summed E-state index contributed by atoms with van der Waals surface area (Å²) in [5.74, 6) is 0.427. The van der Waals surface area contributed by atoms with E-state index in [1.807, 2.05) is 0 Å². The van der Waals surface area contributed by atoms with Crippen molar-refractivity contribution >= 4 is 23.3 Å². The molecular formula is C16H11ClFN3O2. The maximum atomic E-state index is 13.0. The molecule has 0 saturated heterocycles. The summed E-state index contributed by atoms with van der Waals surface area (Å²) >= 11 is 5.90. The molecule has 0 fully saturated rings. The third kappa shape index (κ3) is 3.67. The summed E-state index contributed by atoms with van der Waals surface area (Å²) in [5, 5.41) is 6.70. The Morgan fingerprint density at radius 1 is 1.22 bits per heavy atom. The summed E-state index contributed by atoms with van der Waals surface area (Å²) in [4.78, 5) is 11.8. The van der Waals surface area contributed by atoms with E-state index in [2.05, 4.69) is 10.4 Å². The Kier molecular flexibility index (Phi) is 4.25. The molecule has 0 aliphatic rings. The van der Waals surface area contributed by atoms with Gasteiger partial charge in [-0.2, -0.15) is 9.78 Å². The van der Waals surface area contributed by atoms with E-state index in [-0.39, 0.29) is 11.1 Å². The fourth-order valence-electron chi connectivity index (χ4n) is 1.86. The summed E-state index contributed by atoms with van der Waals surface area (Å²) in [6, 6.07) is 11.9. The van der Waals surface area contributed by atoms with Crippen molar-refractivity contribution < 1.29 is 13.9 Å². The van der Waals surface area contributed by atoms with Crippen LogP contribution < -0.4 is 10.1 Å². The van der Waals surface area contributed by atoms with Crippen LogP contribution >= 0.6 is 11.6 Å². The van der Waals surface area contributed by atoms with Gasteiger partial charge in [-0.15, -0.1) is 0 Å². The average Bonchev–Trinajstić information content (AvgIpc) is 3.06.